The number of hydrogen-bond donors (Lipinski definition) is 2. The minimum absolute atomic E-state index is 0.0211. The highest BCUT2D eigenvalue weighted by molar-refractivity contribution is 5.99. The van der Waals surface area contributed by atoms with Crippen molar-refractivity contribution in [2.45, 2.75) is 32.2 Å². The van der Waals surface area contributed by atoms with Gasteiger partial charge in [0.15, 0.2) is 0 Å². The van der Waals surface area contributed by atoms with Gasteiger partial charge in [0.2, 0.25) is 5.78 Å². The molecule has 1 aliphatic heterocycles. The molecule has 1 heterocycles. The molecule has 1 atom stereocenters. The summed E-state index contributed by atoms with van der Waals surface area (Å²) >= 11 is 0. The van der Waals surface area contributed by atoms with Gasteiger partial charge in [-0.25, -0.2) is 0 Å². The van der Waals surface area contributed by atoms with Crippen LogP contribution < -0.4 is 4.90 Å². The molecule has 0 unspecified atom stereocenters. The summed E-state index contributed by atoms with van der Waals surface area (Å²) in [6, 6.07) is 17.3. The normalized spacial score (nSPS) is 22.0. The average Bonchev–Trinajstić information content (AvgIpc) is 2.63. The van der Waals surface area contributed by atoms with E-state index in [-0.39, 0.29) is 17.6 Å². The van der Waals surface area contributed by atoms with Crippen LogP contribution >= 0.6 is 0 Å². The molecule has 3 rings (SSSR count). The molecule has 3 nitrogen and oxygen atoms in total. The van der Waals surface area contributed by atoms with Gasteiger partial charge in [0.1, 0.15) is 11.8 Å². The number of likely N-dealkylation sites (tertiary alicyclic amines) is 1. The molecule has 24 heavy (non-hydrogen) atoms. The number of rotatable bonds is 5. The van der Waals surface area contributed by atoms with Crippen LogP contribution in [0.25, 0.3) is 0 Å². The Balaban J connectivity index is 1.54. The zero-order chi connectivity index (χ0) is 16.9. The van der Waals surface area contributed by atoms with Crippen LogP contribution in [0.4, 0.5) is 0 Å². The number of piperidine rings is 1. The largest absolute Gasteiger partial charge is 0.508 e. The first-order valence-corrected chi connectivity index (χ1v) is 8.85. The van der Waals surface area contributed by atoms with Crippen molar-refractivity contribution in [3.8, 4) is 5.75 Å². The number of carbonyl (C=O) groups excluding carboxylic acids is 1. The molecule has 0 saturated carbocycles. The SMILES string of the molecule is C[C@@H](C(=O)c1ccc(O)cc1)[NH+]1CCC(Cc2ccccc2)CC1. The van der Waals surface area contributed by atoms with Gasteiger partial charge < -0.3 is 10.0 Å². The topological polar surface area (TPSA) is 41.7 Å². The standard InChI is InChI=1S/C21H25NO2/c1-16(21(24)19-7-9-20(23)10-8-19)22-13-11-18(12-14-22)15-17-5-3-2-4-6-17/h2-10,16,18,23H,11-15H2,1H3/p+1/t16-/m0/s1. The van der Waals surface area contributed by atoms with Crippen molar-refractivity contribution in [3.63, 3.8) is 0 Å². The number of phenols is 1. The van der Waals surface area contributed by atoms with E-state index in [1.807, 2.05) is 6.92 Å². The lowest BCUT2D eigenvalue weighted by molar-refractivity contribution is -0.919. The molecule has 0 aromatic heterocycles. The molecular formula is C21H26NO2+. The third kappa shape index (κ3) is 4.04. The Morgan fingerprint density at radius 2 is 1.71 bits per heavy atom. The smallest absolute Gasteiger partial charge is 0.219 e. The van der Waals surface area contributed by atoms with Crippen LogP contribution in [0.2, 0.25) is 0 Å². The van der Waals surface area contributed by atoms with Crippen molar-refractivity contribution in [1.29, 1.82) is 0 Å². The van der Waals surface area contributed by atoms with Gasteiger partial charge in [-0.15, -0.1) is 0 Å². The van der Waals surface area contributed by atoms with Gasteiger partial charge in [0.05, 0.1) is 13.1 Å². The lowest BCUT2D eigenvalue weighted by Gasteiger charge is -2.32. The van der Waals surface area contributed by atoms with Gasteiger partial charge in [0.25, 0.3) is 0 Å². The van der Waals surface area contributed by atoms with Crippen molar-refractivity contribution in [1.82, 2.24) is 0 Å². The molecule has 0 aliphatic carbocycles. The van der Waals surface area contributed by atoms with Crippen LogP contribution in [0.1, 0.15) is 35.7 Å². The minimum atomic E-state index is -0.0211. The highest BCUT2D eigenvalue weighted by Gasteiger charge is 2.30. The Bertz CT molecular complexity index is 658. The molecule has 0 spiro atoms. The van der Waals surface area contributed by atoms with E-state index in [4.69, 9.17) is 0 Å². The maximum atomic E-state index is 12.6. The number of aromatic hydroxyl groups is 1. The van der Waals surface area contributed by atoms with Gasteiger partial charge in [-0.1, -0.05) is 30.3 Å². The quantitative estimate of drug-likeness (QED) is 0.830. The number of ketones is 1. The number of Topliss-reactive ketones (excluding diaryl/α,β-unsaturated/α-hetero) is 1. The second kappa shape index (κ2) is 7.63. The Kier molecular flexibility index (Phi) is 5.31. The second-order valence-electron chi connectivity index (χ2n) is 6.92. The fraction of sp³-hybridized carbons (Fsp3) is 0.381. The van der Waals surface area contributed by atoms with Crippen LogP contribution in [-0.4, -0.2) is 30.0 Å². The van der Waals surface area contributed by atoms with Crippen LogP contribution in [-0.2, 0) is 6.42 Å². The molecular weight excluding hydrogens is 298 g/mol. The van der Waals surface area contributed by atoms with Crippen molar-refractivity contribution in [3.05, 3.63) is 65.7 Å². The Morgan fingerprint density at radius 3 is 2.33 bits per heavy atom. The Labute approximate surface area is 143 Å². The monoisotopic (exact) mass is 324 g/mol. The summed E-state index contributed by atoms with van der Waals surface area (Å²) in [6.07, 6.45) is 3.50. The van der Waals surface area contributed by atoms with Gasteiger partial charge in [-0.3, -0.25) is 4.79 Å². The van der Waals surface area contributed by atoms with E-state index in [2.05, 4.69) is 30.3 Å². The maximum Gasteiger partial charge on any atom is 0.219 e. The van der Waals surface area contributed by atoms with Crippen molar-refractivity contribution in [2.24, 2.45) is 5.92 Å². The first kappa shape index (κ1) is 16.7. The third-order valence-corrected chi connectivity index (χ3v) is 5.27. The van der Waals surface area contributed by atoms with Crippen LogP contribution in [0.3, 0.4) is 0 Å². The molecule has 1 fully saturated rings. The number of nitrogens with one attached hydrogen (secondary N) is 1. The highest BCUT2D eigenvalue weighted by Crippen LogP contribution is 2.17. The molecule has 2 aromatic rings. The molecule has 0 amide bonds. The van der Waals surface area contributed by atoms with Crippen LogP contribution in [0, 0.1) is 5.92 Å². The summed E-state index contributed by atoms with van der Waals surface area (Å²) in [5, 5.41) is 9.36. The van der Waals surface area contributed by atoms with Gasteiger partial charge >= 0.3 is 0 Å². The maximum absolute atomic E-state index is 12.6. The lowest BCUT2D eigenvalue weighted by atomic mass is 9.89. The number of phenolic OH excluding ortho intramolecular Hbond substituents is 1. The van der Waals surface area contributed by atoms with E-state index in [9.17, 15) is 9.90 Å². The van der Waals surface area contributed by atoms with E-state index in [1.54, 1.807) is 24.3 Å². The molecule has 2 aromatic carbocycles. The first-order chi connectivity index (χ1) is 11.6. The van der Waals surface area contributed by atoms with E-state index in [0.717, 1.165) is 25.4 Å². The summed E-state index contributed by atoms with van der Waals surface area (Å²) in [7, 11) is 0. The van der Waals surface area contributed by atoms with Crippen molar-refractivity contribution in [2.75, 3.05) is 13.1 Å². The number of quaternary nitrogens is 1. The number of hydrogen-bond acceptors (Lipinski definition) is 2. The molecule has 126 valence electrons. The zero-order valence-corrected chi connectivity index (χ0v) is 14.2. The number of carbonyl (C=O) groups is 1. The fourth-order valence-corrected chi connectivity index (χ4v) is 3.69. The van der Waals surface area contributed by atoms with Gasteiger partial charge in [-0.05, 0) is 61.9 Å². The van der Waals surface area contributed by atoms with Crippen molar-refractivity contribution < 1.29 is 14.8 Å². The fourth-order valence-electron chi connectivity index (χ4n) is 3.69. The molecule has 0 bridgehead atoms. The third-order valence-electron chi connectivity index (χ3n) is 5.27. The minimum Gasteiger partial charge on any atom is -0.508 e. The predicted octanol–water partition coefficient (Wildman–Crippen LogP) is 2.50. The second-order valence-corrected chi connectivity index (χ2v) is 6.92. The van der Waals surface area contributed by atoms with Gasteiger partial charge in [-0.2, -0.15) is 0 Å². The van der Waals surface area contributed by atoms with Crippen LogP contribution in [0.15, 0.2) is 54.6 Å². The van der Waals surface area contributed by atoms with Gasteiger partial charge in [0, 0.05) is 5.56 Å². The lowest BCUT2D eigenvalue weighted by Crippen LogP contribution is -3.17. The molecule has 0 radical (unpaired) electrons. The van der Waals surface area contributed by atoms with Crippen molar-refractivity contribution >= 4 is 5.78 Å². The van der Waals surface area contributed by atoms with E-state index in [1.165, 1.54) is 23.3 Å². The summed E-state index contributed by atoms with van der Waals surface area (Å²) in [5.74, 6) is 1.10. The molecule has 3 heteroatoms. The molecule has 2 N–H and O–H groups in total. The van der Waals surface area contributed by atoms with E-state index >= 15 is 0 Å². The summed E-state index contributed by atoms with van der Waals surface area (Å²) < 4.78 is 0. The summed E-state index contributed by atoms with van der Waals surface area (Å²) in [5.41, 5.74) is 2.11. The Morgan fingerprint density at radius 1 is 1.08 bits per heavy atom. The van der Waals surface area contributed by atoms with E-state index in [0.29, 0.717) is 5.56 Å². The van der Waals surface area contributed by atoms with Crippen LogP contribution in [0.5, 0.6) is 5.75 Å². The first-order valence-electron chi connectivity index (χ1n) is 8.85. The molecule has 1 saturated heterocycles. The highest BCUT2D eigenvalue weighted by atomic mass is 16.3. The summed E-state index contributed by atoms with van der Waals surface area (Å²) in [6.45, 7) is 4.15. The predicted molar refractivity (Wildman–Crippen MR) is 95.5 cm³/mol. The summed E-state index contributed by atoms with van der Waals surface area (Å²) in [4.78, 5) is 14.0. The Hall–Kier alpha value is -2.13. The average molecular weight is 324 g/mol. The van der Waals surface area contributed by atoms with E-state index < -0.39 is 0 Å². The zero-order valence-electron chi connectivity index (χ0n) is 14.2. The number of benzene rings is 2. The molecule has 1 aliphatic rings.